The summed E-state index contributed by atoms with van der Waals surface area (Å²) in [6.45, 7) is 1.94. The van der Waals surface area contributed by atoms with E-state index in [4.69, 9.17) is 23.2 Å². The van der Waals surface area contributed by atoms with E-state index in [-0.39, 0.29) is 28.2 Å². The van der Waals surface area contributed by atoms with E-state index in [2.05, 4.69) is 25.9 Å². The molecule has 2 heterocycles. The highest BCUT2D eigenvalue weighted by Crippen LogP contribution is 2.33. The predicted octanol–water partition coefficient (Wildman–Crippen LogP) is 3.92. The number of benzene rings is 2. The standard InChI is InChI=1S/C27H30ClFN8O3/c1-2-15-5-3-7-20(35-27(40)19(30)13-37(31)23-8-4-6-18(28)24(23)29)25-32-12-22(34-25)17-10-9-16(33-14-38)11-21(17)36-26(15)39/h4,6,8-15,20H,2-3,5,7,30-31H2,1H3,(H,32,34)(H,33,38)(H,35,40)(H,36,39)/b19-13-. The number of hydrogen-bond acceptors (Lipinski definition) is 7. The highest BCUT2D eigenvalue weighted by atomic mass is 35.5. The molecule has 4 rings (SSSR count). The lowest BCUT2D eigenvalue weighted by molar-refractivity contribution is -0.120. The first-order valence-electron chi connectivity index (χ1n) is 12.7. The molecular weight excluding hydrogens is 539 g/mol. The molecule has 2 bridgehead atoms. The van der Waals surface area contributed by atoms with Crippen LogP contribution in [0.1, 0.15) is 44.5 Å². The molecule has 0 saturated carbocycles. The van der Waals surface area contributed by atoms with Crippen molar-refractivity contribution < 1.29 is 18.8 Å². The molecule has 1 aromatic heterocycles. The average Bonchev–Trinajstić information content (AvgIpc) is 3.41. The maximum atomic E-state index is 14.3. The Morgan fingerprint density at radius 3 is 2.85 bits per heavy atom. The number of imidazole rings is 1. The van der Waals surface area contributed by atoms with Gasteiger partial charge in [0.15, 0.2) is 5.82 Å². The Labute approximate surface area is 235 Å². The summed E-state index contributed by atoms with van der Waals surface area (Å²) in [5, 5.41) is 9.21. The number of hydrazine groups is 1. The third-order valence-electron chi connectivity index (χ3n) is 6.68. The highest BCUT2D eigenvalue weighted by molar-refractivity contribution is 6.31. The number of nitrogens with zero attached hydrogens (tertiary/aromatic N) is 2. The number of halogens is 2. The SMILES string of the molecule is CCC1CCCC(NC(=O)/C(N)=C/N(N)c2cccc(Cl)c2F)c2ncc([nH]2)-c2ccc(NC=O)cc2NC1=O. The number of H-pyrrole nitrogens is 1. The van der Waals surface area contributed by atoms with E-state index in [1.807, 2.05) is 6.92 Å². The number of hydrogen-bond donors (Lipinski definition) is 6. The van der Waals surface area contributed by atoms with Crippen LogP contribution < -0.4 is 32.5 Å². The molecule has 2 atom stereocenters. The van der Waals surface area contributed by atoms with Crippen molar-refractivity contribution in [3.05, 3.63) is 71.2 Å². The molecule has 1 aliphatic heterocycles. The molecule has 40 heavy (non-hydrogen) atoms. The molecule has 8 N–H and O–H groups in total. The van der Waals surface area contributed by atoms with Gasteiger partial charge in [0.2, 0.25) is 12.3 Å². The van der Waals surface area contributed by atoms with Gasteiger partial charge in [-0.2, -0.15) is 0 Å². The average molecular weight is 569 g/mol. The number of carbonyl (C=O) groups is 3. The van der Waals surface area contributed by atoms with Gasteiger partial charge in [-0.15, -0.1) is 0 Å². The van der Waals surface area contributed by atoms with E-state index < -0.39 is 17.8 Å². The third-order valence-corrected chi connectivity index (χ3v) is 6.97. The largest absolute Gasteiger partial charge is 0.393 e. The number of rotatable bonds is 7. The molecule has 13 heteroatoms. The first-order valence-corrected chi connectivity index (χ1v) is 13.1. The second-order valence-electron chi connectivity index (χ2n) is 9.32. The van der Waals surface area contributed by atoms with Crippen molar-refractivity contribution in [2.24, 2.45) is 17.5 Å². The number of carbonyl (C=O) groups excluding carboxylic acids is 3. The minimum absolute atomic E-state index is 0.0565. The second kappa shape index (κ2) is 12.6. The Hall–Kier alpha value is -4.42. The fourth-order valence-corrected chi connectivity index (χ4v) is 4.67. The lowest BCUT2D eigenvalue weighted by Crippen LogP contribution is -2.36. The summed E-state index contributed by atoms with van der Waals surface area (Å²) >= 11 is 5.82. The third kappa shape index (κ3) is 6.41. The van der Waals surface area contributed by atoms with Crippen molar-refractivity contribution in [1.29, 1.82) is 0 Å². The lowest BCUT2D eigenvalue weighted by Gasteiger charge is -2.21. The summed E-state index contributed by atoms with van der Waals surface area (Å²) < 4.78 is 14.3. The normalized spacial score (nSPS) is 17.5. The van der Waals surface area contributed by atoms with Crippen LogP contribution in [0.2, 0.25) is 5.02 Å². The lowest BCUT2D eigenvalue weighted by atomic mass is 9.95. The van der Waals surface area contributed by atoms with Gasteiger partial charge in [-0.25, -0.2) is 15.2 Å². The smallest absolute Gasteiger partial charge is 0.269 e. The topological polar surface area (TPSA) is 171 Å². The van der Waals surface area contributed by atoms with Gasteiger partial charge in [0, 0.05) is 17.2 Å². The summed E-state index contributed by atoms with van der Waals surface area (Å²) in [7, 11) is 0. The number of fused-ring (bicyclic) bond motifs is 4. The van der Waals surface area contributed by atoms with Crippen LogP contribution in [0.3, 0.4) is 0 Å². The summed E-state index contributed by atoms with van der Waals surface area (Å²) in [6, 6.07) is 8.86. The number of aromatic nitrogens is 2. The fourth-order valence-electron chi connectivity index (χ4n) is 4.50. The van der Waals surface area contributed by atoms with Crippen molar-refractivity contribution in [1.82, 2.24) is 15.3 Å². The Morgan fingerprint density at radius 1 is 1.30 bits per heavy atom. The fraction of sp³-hybridized carbons (Fsp3) is 0.259. The molecule has 1 aliphatic rings. The van der Waals surface area contributed by atoms with E-state index in [0.717, 1.165) is 11.2 Å². The Morgan fingerprint density at radius 2 is 2.10 bits per heavy atom. The first kappa shape index (κ1) is 28.6. The zero-order chi connectivity index (χ0) is 28.8. The van der Waals surface area contributed by atoms with E-state index in [1.165, 1.54) is 18.2 Å². The van der Waals surface area contributed by atoms with Gasteiger partial charge < -0.3 is 26.7 Å². The maximum Gasteiger partial charge on any atom is 0.269 e. The minimum atomic E-state index is -0.748. The molecule has 0 spiro atoms. The van der Waals surface area contributed by atoms with Gasteiger partial charge in [0.05, 0.1) is 40.5 Å². The summed E-state index contributed by atoms with van der Waals surface area (Å²) in [5.74, 6) is 4.62. The molecular formula is C27H30ClFN8O3. The quantitative estimate of drug-likeness (QED) is 0.108. The van der Waals surface area contributed by atoms with Gasteiger partial charge >= 0.3 is 0 Å². The molecule has 3 aromatic rings. The molecule has 0 saturated heterocycles. The van der Waals surface area contributed by atoms with Gasteiger partial charge in [0.1, 0.15) is 11.5 Å². The molecule has 2 unspecified atom stereocenters. The van der Waals surface area contributed by atoms with Crippen LogP contribution in [0.4, 0.5) is 21.5 Å². The van der Waals surface area contributed by atoms with E-state index in [9.17, 15) is 18.8 Å². The van der Waals surface area contributed by atoms with Crippen molar-refractivity contribution in [2.75, 3.05) is 15.6 Å². The highest BCUT2D eigenvalue weighted by Gasteiger charge is 2.25. The van der Waals surface area contributed by atoms with Crippen LogP contribution in [-0.2, 0) is 14.4 Å². The first-order chi connectivity index (χ1) is 19.2. The van der Waals surface area contributed by atoms with E-state index in [0.29, 0.717) is 60.5 Å². The van der Waals surface area contributed by atoms with Crippen molar-refractivity contribution in [2.45, 2.75) is 38.6 Å². The van der Waals surface area contributed by atoms with Gasteiger partial charge in [-0.3, -0.25) is 19.4 Å². The number of nitrogens with one attached hydrogen (secondary N) is 4. The predicted molar refractivity (Wildman–Crippen MR) is 151 cm³/mol. The van der Waals surface area contributed by atoms with Crippen LogP contribution >= 0.6 is 11.6 Å². The number of aromatic amines is 1. The molecule has 2 aromatic carbocycles. The molecule has 11 nitrogen and oxygen atoms in total. The molecule has 210 valence electrons. The van der Waals surface area contributed by atoms with Crippen LogP contribution in [0.15, 0.2) is 54.5 Å². The number of amides is 3. The van der Waals surface area contributed by atoms with Crippen LogP contribution in [0, 0.1) is 11.7 Å². The van der Waals surface area contributed by atoms with Crippen LogP contribution in [-0.4, -0.2) is 28.2 Å². The van der Waals surface area contributed by atoms with Gasteiger partial charge in [-0.1, -0.05) is 31.0 Å². The van der Waals surface area contributed by atoms with Crippen molar-refractivity contribution in [3.8, 4) is 11.3 Å². The van der Waals surface area contributed by atoms with Gasteiger partial charge in [0.25, 0.3) is 5.91 Å². The van der Waals surface area contributed by atoms with Crippen LogP contribution in [0.25, 0.3) is 11.3 Å². The summed E-state index contributed by atoms with van der Waals surface area (Å²) in [6.07, 6.45) is 5.53. The molecule has 0 radical (unpaired) electrons. The van der Waals surface area contributed by atoms with Crippen molar-refractivity contribution in [3.63, 3.8) is 0 Å². The zero-order valence-electron chi connectivity index (χ0n) is 21.7. The Bertz CT molecular complexity index is 1440. The van der Waals surface area contributed by atoms with Crippen molar-refractivity contribution >= 4 is 46.9 Å². The molecule has 0 aliphatic carbocycles. The monoisotopic (exact) mass is 568 g/mol. The van der Waals surface area contributed by atoms with Crippen LogP contribution in [0.5, 0.6) is 0 Å². The second-order valence-corrected chi connectivity index (χ2v) is 9.73. The molecule has 3 amide bonds. The van der Waals surface area contributed by atoms with E-state index in [1.54, 1.807) is 24.4 Å². The Kier molecular flexibility index (Phi) is 9.02. The zero-order valence-corrected chi connectivity index (χ0v) is 22.5. The number of nitrogens with two attached hydrogens (primary N) is 2. The Balaban J connectivity index is 1.62. The minimum Gasteiger partial charge on any atom is -0.393 e. The summed E-state index contributed by atoms with van der Waals surface area (Å²) in [4.78, 5) is 44.8. The summed E-state index contributed by atoms with van der Waals surface area (Å²) in [5.41, 5.74) is 7.98. The molecule has 0 fully saturated rings. The maximum absolute atomic E-state index is 14.3. The van der Waals surface area contributed by atoms with E-state index >= 15 is 0 Å². The van der Waals surface area contributed by atoms with Gasteiger partial charge in [-0.05, 0) is 49.6 Å². The number of anilines is 3.